The molecule has 20 heavy (non-hydrogen) atoms. The summed E-state index contributed by atoms with van der Waals surface area (Å²) < 4.78 is 0. The first-order chi connectivity index (χ1) is 9.41. The zero-order valence-electron chi connectivity index (χ0n) is 11.6. The quantitative estimate of drug-likeness (QED) is 0.656. The molecular weight excluding hydrogens is 264 g/mol. The highest BCUT2D eigenvalue weighted by Gasteiger charge is 2.42. The molecule has 7 heteroatoms. The van der Waals surface area contributed by atoms with Gasteiger partial charge in [0.2, 0.25) is 0 Å². The van der Waals surface area contributed by atoms with Gasteiger partial charge >= 0.3 is 12.0 Å². The molecule has 2 rings (SSSR count). The maximum Gasteiger partial charge on any atom is 0.326 e. The number of urea groups is 1. The van der Waals surface area contributed by atoms with Gasteiger partial charge < -0.3 is 25.1 Å². The predicted octanol–water partition coefficient (Wildman–Crippen LogP) is -0.139. The van der Waals surface area contributed by atoms with Crippen LogP contribution in [0.25, 0.3) is 0 Å². The topological polar surface area (TPSA) is 101 Å². The Morgan fingerprint density at radius 2 is 1.85 bits per heavy atom. The van der Waals surface area contributed by atoms with E-state index in [4.69, 9.17) is 5.11 Å². The molecule has 1 aliphatic heterocycles. The molecular formula is C13H22N2O5. The minimum Gasteiger partial charge on any atom is -0.480 e. The first kappa shape index (κ1) is 15.1. The Morgan fingerprint density at radius 3 is 2.45 bits per heavy atom. The lowest BCUT2D eigenvalue weighted by atomic mass is 9.92. The molecule has 7 nitrogen and oxygen atoms in total. The highest BCUT2D eigenvalue weighted by Crippen LogP contribution is 2.25. The van der Waals surface area contributed by atoms with Gasteiger partial charge in [-0.25, -0.2) is 9.59 Å². The van der Waals surface area contributed by atoms with Gasteiger partial charge in [-0.15, -0.1) is 0 Å². The largest absolute Gasteiger partial charge is 0.480 e. The molecule has 0 aromatic carbocycles. The van der Waals surface area contributed by atoms with Crippen molar-refractivity contribution in [2.24, 2.45) is 0 Å². The number of carboxylic acid groups (broad SMARTS) is 1. The van der Waals surface area contributed by atoms with Crippen LogP contribution in [0.5, 0.6) is 0 Å². The van der Waals surface area contributed by atoms with E-state index in [0.29, 0.717) is 6.42 Å². The van der Waals surface area contributed by atoms with E-state index in [2.05, 4.69) is 0 Å². The second kappa shape index (κ2) is 5.97. The highest BCUT2D eigenvalue weighted by molar-refractivity contribution is 5.83. The number of hydrogen-bond acceptors (Lipinski definition) is 4. The van der Waals surface area contributed by atoms with E-state index in [1.54, 1.807) is 7.05 Å². The predicted molar refractivity (Wildman–Crippen MR) is 70.2 cm³/mol. The van der Waals surface area contributed by atoms with E-state index >= 15 is 0 Å². The number of likely N-dealkylation sites (tertiary alicyclic amines) is 1. The van der Waals surface area contributed by atoms with Crippen molar-refractivity contribution in [3.05, 3.63) is 0 Å². The molecule has 2 fully saturated rings. The summed E-state index contributed by atoms with van der Waals surface area (Å²) in [6, 6.07) is -1.69. The third kappa shape index (κ3) is 2.88. The Bertz CT molecular complexity index is 389. The van der Waals surface area contributed by atoms with Crippen molar-refractivity contribution in [2.45, 2.75) is 56.4 Å². The Morgan fingerprint density at radius 1 is 1.20 bits per heavy atom. The molecule has 4 atom stereocenters. The summed E-state index contributed by atoms with van der Waals surface area (Å²) in [5.74, 6) is -1.10. The molecule has 2 aliphatic rings. The number of hydrogen-bond donors (Lipinski definition) is 3. The average Bonchev–Trinajstić information content (AvgIpc) is 2.80. The van der Waals surface area contributed by atoms with E-state index in [-0.39, 0.29) is 19.0 Å². The zero-order valence-corrected chi connectivity index (χ0v) is 11.6. The van der Waals surface area contributed by atoms with Crippen LogP contribution < -0.4 is 0 Å². The van der Waals surface area contributed by atoms with Gasteiger partial charge in [-0.1, -0.05) is 12.8 Å². The fourth-order valence-corrected chi connectivity index (χ4v) is 3.15. The van der Waals surface area contributed by atoms with Gasteiger partial charge in [0.25, 0.3) is 0 Å². The molecule has 0 aromatic rings. The molecule has 0 aromatic heterocycles. The molecule has 1 saturated heterocycles. The van der Waals surface area contributed by atoms with Crippen LogP contribution in [0.15, 0.2) is 0 Å². The number of amides is 2. The summed E-state index contributed by atoms with van der Waals surface area (Å²) in [4.78, 5) is 26.2. The van der Waals surface area contributed by atoms with Crippen LogP contribution >= 0.6 is 0 Å². The van der Waals surface area contributed by atoms with E-state index in [9.17, 15) is 19.8 Å². The first-order valence-corrected chi connectivity index (χ1v) is 7.04. The van der Waals surface area contributed by atoms with Crippen LogP contribution in [-0.2, 0) is 4.79 Å². The molecule has 2 amide bonds. The van der Waals surface area contributed by atoms with Crippen molar-refractivity contribution < 1.29 is 24.9 Å². The lowest BCUT2D eigenvalue weighted by molar-refractivity contribution is -0.141. The van der Waals surface area contributed by atoms with Crippen molar-refractivity contribution in [3.8, 4) is 0 Å². The van der Waals surface area contributed by atoms with Gasteiger partial charge in [-0.2, -0.15) is 0 Å². The number of aliphatic carboxylic acids is 1. The molecule has 114 valence electrons. The normalized spacial score (nSPS) is 34.0. The van der Waals surface area contributed by atoms with Crippen molar-refractivity contribution >= 4 is 12.0 Å². The smallest absolute Gasteiger partial charge is 0.326 e. The molecule has 0 spiro atoms. The number of nitrogens with zero attached hydrogens (tertiary/aromatic N) is 2. The summed E-state index contributed by atoms with van der Waals surface area (Å²) in [5.41, 5.74) is 0. The molecule has 1 aliphatic carbocycles. The Labute approximate surface area is 117 Å². The summed E-state index contributed by atoms with van der Waals surface area (Å²) in [6.45, 7) is 0.0307. The lowest BCUT2D eigenvalue weighted by Crippen LogP contribution is -2.53. The van der Waals surface area contributed by atoms with Crippen LogP contribution in [0.3, 0.4) is 0 Å². The van der Waals surface area contributed by atoms with Crippen LogP contribution in [0.1, 0.15) is 32.1 Å². The molecule has 1 saturated carbocycles. The maximum atomic E-state index is 12.4. The van der Waals surface area contributed by atoms with Crippen molar-refractivity contribution in [1.82, 2.24) is 9.80 Å². The SMILES string of the molecule is CN(C(=O)N1C[C@@H](O)C[C@H]1C(=O)O)C1CCCCC1O. The van der Waals surface area contributed by atoms with E-state index in [1.165, 1.54) is 9.80 Å². The molecule has 2 unspecified atom stereocenters. The number of β-amino-alcohol motifs (C(OH)–C–C–N with tert-alkyl or cyclic N) is 1. The van der Waals surface area contributed by atoms with Crippen LogP contribution in [0.4, 0.5) is 4.79 Å². The number of likely N-dealkylation sites (N-methyl/N-ethyl adjacent to an activating group) is 1. The monoisotopic (exact) mass is 286 g/mol. The standard InChI is InChI=1S/C13H22N2O5/c1-14(9-4-2-3-5-11(9)17)13(20)15-7-8(16)6-10(15)12(18)19/h8-11,16-17H,2-7H2,1H3,(H,18,19)/t8-,9?,10-,11?/m0/s1. The van der Waals surface area contributed by atoms with Crippen molar-refractivity contribution in [3.63, 3.8) is 0 Å². The van der Waals surface area contributed by atoms with E-state index in [1.807, 2.05) is 0 Å². The number of carboxylic acids is 1. The summed E-state index contributed by atoms with van der Waals surface area (Å²) in [7, 11) is 1.59. The number of carbonyl (C=O) groups is 2. The third-order valence-electron chi connectivity index (χ3n) is 4.30. The Kier molecular flexibility index (Phi) is 4.49. The maximum absolute atomic E-state index is 12.4. The molecule has 1 heterocycles. The molecule has 3 N–H and O–H groups in total. The minimum atomic E-state index is -1.10. The Hall–Kier alpha value is -1.34. The minimum absolute atomic E-state index is 0.0307. The molecule has 0 radical (unpaired) electrons. The summed E-state index contributed by atoms with van der Waals surface area (Å²) in [6.07, 6.45) is 1.97. The fraction of sp³-hybridized carbons (Fsp3) is 0.846. The van der Waals surface area contributed by atoms with Crippen LogP contribution in [0, 0.1) is 0 Å². The second-order valence-corrected chi connectivity index (χ2v) is 5.71. The van der Waals surface area contributed by atoms with Gasteiger partial charge in [0, 0.05) is 20.0 Å². The first-order valence-electron chi connectivity index (χ1n) is 7.04. The highest BCUT2D eigenvalue weighted by atomic mass is 16.4. The summed E-state index contributed by atoms with van der Waals surface area (Å²) in [5, 5.41) is 28.7. The van der Waals surface area contributed by atoms with Crippen LogP contribution in [-0.4, -0.2) is 75.0 Å². The lowest BCUT2D eigenvalue weighted by Gasteiger charge is -2.37. The van der Waals surface area contributed by atoms with Gasteiger partial charge in [0.1, 0.15) is 6.04 Å². The van der Waals surface area contributed by atoms with Gasteiger partial charge in [0.15, 0.2) is 0 Å². The third-order valence-corrected chi connectivity index (χ3v) is 4.30. The zero-order chi connectivity index (χ0) is 14.9. The number of rotatable bonds is 2. The fourth-order valence-electron chi connectivity index (χ4n) is 3.15. The number of carbonyl (C=O) groups excluding carboxylic acids is 1. The number of aliphatic hydroxyl groups excluding tert-OH is 2. The van der Waals surface area contributed by atoms with Gasteiger partial charge in [-0.05, 0) is 12.8 Å². The van der Waals surface area contributed by atoms with Crippen LogP contribution in [0.2, 0.25) is 0 Å². The Balaban J connectivity index is 2.07. The number of aliphatic hydroxyl groups is 2. The summed E-state index contributed by atoms with van der Waals surface area (Å²) >= 11 is 0. The van der Waals surface area contributed by atoms with Gasteiger partial charge in [-0.3, -0.25) is 0 Å². The van der Waals surface area contributed by atoms with E-state index in [0.717, 1.165) is 19.3 Å². The van der Waals surface area contributed by atoms with Crippen molar-refractivity contribution in [1.29, 1.82) is 0 Å². The second-order valence-electron chi connectivity index (χ2n) is 5.71. The molecule has 0 bridgehead atoms. The average molecular weight is 286 g/mol. The van der Waals surface area contributed by atoms with Crippen molar-refractivity contribution in [2.75, 3.05) is 13.6 Å². The van der Waals surface area contributed by atoms with E-state index < -0.39 is 30.3 Å². The van der Waals surface area contributed by atoms with Gasteiger partial charge in [0.05, 0.1) is 18.2 Å².